The lowest BCUT2D eigenvalue weighted by Crippen LogP contribution is -2.41. The molecule has 2 aromatic carbocycles. The van der Waals surface area contributed by atoms with Gasteiger partial charge in [0.15, 0.2) is 16.7 Å². The number of benzene rings is 2. The van der Waals surface area contributed by atoms with E-state index >= 15 is 0 Å². The van der Waals surface area contributed by atoms with Gasteiger partial charge in [-0.15, -0.1) is 0 Å². The average molecular weight is 517 g/mol. The molecule has 0 saturated heterocycles. The minimum Gasteiger partial charge on any atom is -0.490 e. The lowest BCUT2D eigenvalue weighted by Gasteiger charge is -2.23. The molecule has 4 rings (SSSR count). The molecule has 0 bridgehead atoms. The molecule has 0 aromatic heterocycles. The zero-order valence-electron chi connectivity index (χ0n) is 18.4. The van der Waals surface area contributed by atoms with E-state index in [4.69, 9.17) is 31.2 Å². The number of hydrogen-bond acceptors (Lipinski definition) is 8. The first-order valence-corrected chi connectivity index (χ1v) is 12.7. The van der Waals surface area contributed by atoms with Crippen molar-refractivity contribution in [2.75, 3.05) is 26.1 Å². The molecule has 8 nitrogen and oxygen atoms in total. The molecular weight excluding hydrogens is 496 g/mol. The number of halogens is 1. The largest absolute Gasteiger partial charge is 0.490 e. The Morgan fingerprint density at radius 2 is 1.88 bits per heavy atom. The number of carbonyl (C=O) groups is 1. The second-order valence-corrected chi connectivity index (χ2v) is 8.79. The molecule has 0 unspecified atom stereocenters. The van der Waals surface area contributed by atoms with Crippen LogP contribution in [-0.2, 0) is 4.79 Å². The number of aliphatic imine (C=N–C) groups is 1. The number of ether oxygens (including phenoxy) is 3. The van der Waals surface area contributed by atoms with Crippen molar-refractivity contribution in [2.24, 2.45) is 9.39 Å². The topological polar surface area (TPSA) is 96.6 Å². The number of hydrogen-bond donors (Lipinski definition) is 1. The summed E-state index contributed by atoms with van der Waals surface area (Å²) in [4.78, 5) is 18.2. The fourth-order valence-corrected chi connectivity index (χ4v) is 4.81. The standard InChI is InChI=1S/C23H21ClN4O4S2/c1-3-30-19-13-14(8-9-18(19)32-11-10-31-17-7-5-4-6-16(17)24)12-15-20(25)28-22(26-21(15)29)34-27-23(28)33-2/h4-9,12-13,25H,3,10-11H2,1-2H3/b15-12-,25-20?. The van der Waals surface area contributed by atoms with Crippen molar-refractivity contribution in [2.45, 2.75) is 6.92 Å². The molecule has 11 heteroatoms. The Balaban J connectivity index is 1.48. The maximum Gasteiger partial charge on any atom is 0.283 e. The number of fused-ring (bicyclic) bond motifs is 1. The van der Waals surface area contributed by atoms with Gasteiger partial charge < -0.3 is 14.2 Å². The van der Waals surface area contributed by atoms with Gasteiger partial charge in [0.1, 0.15) is 24.8 Å². The summed E-state index contributed by atoms with van der Waals surface area (Å²) >= 11 is 8.59. The Bertz CT molecular complexity index is 1220. The summed E-state index contributed by atoms with van der Waals surface area (Å²) in [5.74, 6) is 1.23. The number of amides is 1. The average Bonchev–Trinajstić information content (AvgIpc) is 3.24. The van der Waals surface area contributed by atoms with Crippen molar-refractivity contribution in [3.05, 3.63) is 58.6 Å². The van der Waals surface area contributed by atoms with Crippen LogP contribution in [0.1, 0.15) is 12.5 Å². The number of nitrogens with zero attached hydrogens (tertiary/aromatic N) is 3. The predicted octanol–water partition coefficient (Wildman–Crippen LogP) is 5.14. The van der Waals surface area contributed by atoms with Crippen molar-refractivity contribution in [1.82, 2.24) is 4.90 Å². The molecule has 1 N–H and O–H groups in total. The normalized spacial score (nSPS) is 16.3. The van der Waals surface area contributed by atoms with E-state index in [2.05, 4.69) is 9.39 Å². The van der Waals surface area contributed by atoms with Crippen molar-refractivity contribution in [1.29, 1.82) is 5.41 Å². The molecule has 0 atom stereocenters. The van der Waals surface area contributed by atoms with Crippen molar-refractivity contribution >= 4 is 63.5 Å². The van der Waals surface area contributed by atoms with E-state index in [9.17, 15) is 4.79 Å². The molecule has 34 heavy (non-hydrogen) atoms. The van der Waals surface area contributed by atoms with Gasteiger partial charge in [0.2, 0.25) is 5.17 Å². The second kappa shape index (κ2) is 11.0. The predicted molar refractivity (Wildman–Crippen MR) is 139 cm³/mol. The monoisotopic (exact) mass is 516 g/mol. The maximum atomic E-state index is 12.6. The molecule has 1 amide bonds. The number of nitrogens with one attached hydrogen (secondary N) is 1. The SMILES string of the molecule is CCOc1cc(/C=C2/C(=N)N3C(SC)=NSC3=NC2=O)ccc1OCCOc1ccccc1Cl. The molecule has 2 heterocycles. The highest BCUT2D eigenvalue weighted by Gasteiger charge is 2.37. The zero-order chi connectivity index (χ0) is 24.1. The Morgan fingerprint density at radius 1 is 1.12 bits per heavy atom. The summed E-state index contributed by atoms with van der Waals surface area (Å²) in [5, 5.41) is 10.1. The fourth-order valence-electron chi connectivity index (χ4n) is 3.17. The number of para-hydroxylation sites is 1. The van der Waals surface area contributed by atoms with Gasteiger partial charge in [-0.2, -0.15) is 9.39 Å². The summed E-state index contributed by atoms with van der Waals surface area (Å²) in [6.45, 7) is 2.91. The Kier molecular flexibility index (Phi) is 7.81. The van der Waals surface area contributed by atoms with E-state index in [1.165, 1.54) is 11.8 Å². The summed E-state index contributed by atoms with van der Waals surface area (Å²) in [7, 11) is 0. The third kappa shape index (κ3) is 5.24. The minimum atomic E-state index is -0.476. The number of thioether (sulfide) groups is 1. The maximum absolute atomic E-state index is 12.6. The van der Waals surface area contributed by atoms with Gasteiger partial charge in [-0.05, 0) is 49.1 Å². The summed E-state index contributed by atoms with van der Waals surface area (Å²) in [6.07, 6.45) is 3.49. The highest BCUT2D eigenvalue weighted by molar-refractivity contribution is 8.18. The number of rotatable bonds is 8. The van der Waals surface area contributed by atoms with E-state index in [1.54, 1.807) is 41.3 Å². The van der Waals surface area contributed by atoms with Crippen molar-refractivity contribution in [3.8, 4) is 17.2 Å². The number of carbonyl (C=O) groups excluding carboxylic acids is 1. The lowest BCUT2D eigenvalue weighted by atomic mass is 10.1. The van der Waals surface area contributed by atoms with Gasteiger partial charge in [0.25, 0.3) is 5.91 Å². The number of amidine groups is 3. The van der Waals surface area contributed by atoms with Crippen LogP contribution in [0.25, 0.3) is 6.08 Å². The smallest absolute Gasteiger partial charge is 0.283 e. The van der Waals surface area contributed by atoms with E-state index < -0.39 is 5.91 Å². The summed E-state index contributed by atoms with van der Waals surface area (Å²) in [5.41, 5.74) is 0.863. The molecule has 176 valence electrons. The van der Waals surface area contributed by atoms with E-state index in [-0.39, 0.29) is 18.0 Å². The molecule has 0 fully saturated rings. The van der Waals surface area contributed by atoms with Crippen LogP contribution in [0.15, 0.2) is 57.4 Å². The molecule has 0 spiro atoms. The van der Waals surface area contributed by atoms with Crippen LogP contribution in [0.5, 0.6) is 17.2 Å². The van der Waals surface area contributed by atoms with Crippen LogP contribution >= 0.6 is 35.3 Å². The van der Waals surface area contributed by atoms with Gasteiger partial charge in [-0.1, -0.05) is 41.6 Å². The molecular formula is C23H21ClN4O4S2. The fraction of sp³-hybridized carbons (Fsp3) is 0.217. The molecule has 2 aliphatic heterocycles. The molecule has 2 aliphatic rings. The summed E-state index contributed by atoms with van der Waals surface area (Å²) in [6, 6.07) is 12.6. The lowest BCUT2D eigenvalue weighted by molar-refractivity contribution is -0.114. The Hall–Kier alpha value is -2.95. The van der Waals surface area contributed by atoms with Crippen LogP contribution < -0.4 is 14.2 Å². The Labute approximate surface area is 210 Å². The first-order valence-electron chi connectivity index (χ1n) is 10.3. The quantitative estimate of drug-likeness (QED) is 0.295. The molecule has 0 saturated carbocycles. The van der Waals surface area contributed by atoms with Gasteiger partial charge >= 0.3 is 0 Å². The van der Waals surface area contributed by atoms with Crippen molar-refractivity contribution < 1.29 is 19.0 Å². The van der Waals surface area contributed by atoms with Crippen LogP contribution in [-0.4, -0.2) is 53.1 Å². The van der Waals surface area contributed by atoms with Crippen LogP contribution in [0.3, 0.4) is 0 Å². The Morgan fingerprint density at radius 3 is 2.62 bits per heavy atom. The molecule has 2 aromatic rings. The van der Waals surface area contributed by atoms with Gasteiger partial charge in [-0.3, -0.25) is 10.2 Å². The van der Waals surface area contributed by atoms with Crippen LogP contribution in [0.4, 0.5) is 0 Å². The highest BCUT2D eigenvalue weighted by Crippen LogP contribution is 2.33. The molecule has 0 radical (unpaired) electrons. The zero-order valence-corrected chi connectivity index (χ0v) is 20.8. The second-order valence-electron chi connectivity index (χ2n) is 6.88. The third-order valence-corrected chi connectivity index (χ3v) is 6.46. The first-order chi connectivity index (χ1) is 16.5. The van der Waals surface area contributed by atoms with Gasteiger partial charge in [0.05, 0.1) is 29.2 Å². The minimum absolute atomic E-state index is 0.0445. The third-order valence-electron chi connectivity index (χ3n) is 4.69. The van der Waals surface area contributed by atoms with Gasteiger partial charge in [0, 0.05) is 0 Å². The first kappa shape index (κ1) is 24.2. The van der Waals surface area contributed by atoms with Crippen LogP contribution in [0.2, 0.25) is 5.02 Å². The molecule has 0 aliphatic carbocycles. The van der Waals surface area contributed by atoms with E-state index in [0.717, 1.165) is 11.9 Å². The van der Waals surface area contributed by atoms with Crippen LogP contribution in [0, 0.1) is 5.41 Å². The van der Waals surface area contributed by atoms with E-state index in [0.29, 0.717) is 51.4 Å². The van der Waals surface area contributed by atoms with Crippen molar-refractivity contribution in [3.63, 3.8) is 0 Å². The van der Waals surface area contributed by atoms with E-state index in [1.807, 2.05) is 25.3 Å². The highest BCUT2D eigenvalue weighted by atomic mass is 35.5. The van der Waals surface area contributed by atoms with Gasteiger partial charge in [-0.25, -0.2) is 4.90 Å². The summed E-state index contributed by atoms with van der Waals surface area (Å²) < 4.78 is 21.5.